The summed E-state index contributed by atoms with van der Waals surface area (Å²) in [6, 6.07) is 1.16. The van der Waals surface area contributed by atoms with Gasteiger partial charge < -0.3 is 0 Å². The number of rotatable bonds is 0. The number of nitrogens with zero attached hydrogens (tertiary/aromatic N) is 2. The molecule has 0 radical (unpaired) electrons. The fourth-order valence-electron chi connectivity index (χ4n) is 1.83. The predicted molar refractivity (Wildman–Crippen MR) is 49.4 cm³/mol. The molecule has 1 heterocycles. The highest BCUT2D eigenvalue weighted by Crippen LogP contribution is 2.49. The summed E-state index contributed by atoms with van der Waals surface area (Å²) in [6.45, 7) is 6.68. The van der Waals surface area contributed by atoms with E-state index in [1.165, 1.54) is 19.3 Å². The lowest BCUT2D eigenvalue weighted by atomic mass is 10.1. The smallest absolute Gasteiger partial charge is 0.0552 e. The normalized spacial score (nSPS) is 36.2. The van der Waals surface area contributed by atoms with Crippen molar-refractivity contribution in [3.05, 3.63) is 4.64 Å². The van der Waals surface area contributed by atoms with E-state index >= 15 is 0 Å². The molecule has 1 aliphatic heterocycles. The van der Waals surface area contributed by atoms with Crippen molar-refractivity contribution in [2.75, 3.05) is 0 Å². The fourth-order valence-corrected chi connectivity index (χ4v) is 4.53. The molecule has 1 atom stereocenters. The summed E-state index contributed by atoms with van der Waals surface area (Å²) in [5, 5.41) is 9.28. The van der Waals surface area contributed by atoms with E-state index in [2.05, 4.69) is 25.0 Å². The first-order chi connectivity index (χ1) is 5.02. The highest BCUT2D eigenvalue weighted by molar-refractivity contribution is 6.84. The molecule has 0 bridgehead atoms. The van der Waals surface area contributed by atoms with Gasteiger partial charge in [0.15, 0.2) is 5.39 Å². The molecule has 1 fully saturated rings. The molecule has 1 unspecified atom stereocenters. The third kappa shape index (κ3) is 1.32. The van der Waals surface area contributed by atoms with Crippen LogP contribution in [0.5, 0.6) is 0 Å². The van der Waals surface area contributed by atoms with E-state index in [4.69, 9.17) is 5.39 Å². The van der Waals surface area contributed by atoms with Gasteiger partial charge in [-0.3, -0.25) is 0 Å². The maximum absolute atomic E-state index is 8.97. The molecular formula is C8H17N2Si+. The van der Waals surface area contributed by atoms with Crippen molar-refractivity contribution < 1.29 is 0 Å². The van der Waals surface area contributed by atoms with Crippen molar-refractivity contribution in [3.8, 4) is 0 Å². The SMILES string of the molecule is CC1(C)CCCC[Si]1(C)[N+]#N. The number of hydrogen-bond donors (Lipinski definition) is 0. The van der Waals surface area contributed by atoms with E-state index in [0.29, 0.717) is 5.04 Å². The molecule has 11 heavy (non-hydrogen) atoms. The Hall–Kier alpha value is -0.363. The van der Waals surface area contributed by atoms with E-state index in [1.807, 2.05) is 0 Å². The Morgan fingerprint density at radius 1 is 1.36 bits per heavy atom. The molecule has 62 valence electrons. The van der Waals surface area contributed by atoms with Gasteiger partial charge in [0.1, 0.15) is 0 Å². The van der Waals surface area contributed by atoms with Crippen molar-refractivity contribution in [1.29, 1.82) is 5.39 Å². The molecule has 0 saturated carbocycles. The molecule has 1 aliphatic rings. The third-order valence-electron chi connectivity index (χ3n) is 3.39. The quantitative estimate of drug-likeness (QED) is 0.403. The Morgan fingerprint density at radius 3 is 2.36 bits per heavy atom. The van der Waals surface area contributed by atoms with Gasteiger partial charge in [-0.15, -0.1) is 0 Å². The van der Waals surface area contributed by atoms with Crippen molar-refractivity contribution >= 4 is 8.24 Å². The van der Waals surface area contributed by atoms with Crippen LogP contribution in [0.1, 0.15) is 33.1 Å². The van der Waals surface area contributed by atoms with Gasteiger partial charge in [-0.25, -0.2) is 0 Å². The van der Waals surface area contributed by atoms with E-state index in [9.17, 15) is 0 Å². The zero-order valence-electron chi connectivity index (χ0n) is 7.72. The van der Waals surface area contributed by atoms with Crippen LogP contribution in [0.2, 0.25) is 17.6 Å². The lowest BCUT2D eigenvalue weighted by molar-refractivity contribution is 0.512. The Bertz CT molecular complexity index is 195. The molecule has 0 aromatic rings. The molecule has 1 saturated heterocycles. The summed E-state index contributed by atoms with van der Waals surface area (Å²) < 4.78 is 3.67. The first-order valence-electron chi connectivity index (χ1n) is 4.38. The Morgan fingerprint density at radius 2 is 2.00 bits per heavy atom. The molecule has 1 rings (SSSR count). The van der Waals surface area contributed by atoms with Crippen molar-refractivity contribution in [2.45, 2.75) is 50.7 Å². The van der Waals surface area contributed by atoms with Gasteiger partial charge in [-0.2, -0.15) is 0 Å². The van der Waals surface area contributed by atoms with Gasteiger partial charge in [0, 0.05) is 17.6 Å². The monoisotopic (exact) mass is 169 g/mol. The van der Waals surface area contributed by atoms with Gasteiger partial charge in [-0.05, 0) is 17.5 Å². The average Bonchev–Trinajstić information content (AvgIpc) is 1.95. The summed E-state index contributed by atoms with van der Waals surface area (Å²) in [6.07, 6.45) is 3.81. The molecule has 3 heteroatoms. The maximum atomic E-state index is 8.97. The molecule has 0 aromatic heterocycles. The van der Waals surface area contributed by atoms with Crippen LogP contribution in [-0.2, 0) is 0 Å². The highest BCUT2D eigenvalue weighted by Gasteiger charge is 2.61. The van der Waals surface area contributed by atoms with Gasteiger partial charge in [0.05, 0.1) is 0 Å². The predicted octanol–water partition coefficient (Wildman–Crippen LogP) is 3.38. The lowest BCUT2D eigenvalue weighted by Crippen LogP contribution is -2.41. The standard InChI is InChI=1S/C8H17N2Si/c1-8(2)6-4-5-7-11(8,3)10-9/h4-7H2,1-3H3/q+1. The van der Waals surface area contributed by atoms with E-state index in [0.717, 1.165) is 6.04 Å². The minimum Gasteiger partial charge on any atom is -0.0552 e. The van der Waals surface area contributed by atoms with Gasteiger partial charge >= 0.3 is 8.24 Å². The minimum absolute atomic E-state index is 0.306. The molecule has 0 aromatic carbocycles. The van der Waals surface area contributed by atoms with E-state index in [-0.39, 0.29) is 0 Å². The molecule has 0 aliphatic carbocycles. The van der Waals surface area contributed by atoms with E-state index < -0.39 is 8.24 Å². The number of hydrogen-bond acceptors (Lipinski definition) is 1. The van der Waals surface area contributed by atoms with Crippen LogP contribution in [0.15, 0.2) is 0 Å². The van der Waals surface area contributed by atoms with Gasteiger partial charge in [0.25, 0.3) is 0 Å². The van der Waals surface area contributed by atoms with Crippen molar-refractivity contribution in [3.63, 3.8) is 0 Å². The number of diazo groups is 1. The average molecular weight is 169 g/mol. The highest BCUT2D eigenvalue weighted by atomic mass is 28.3. The van der Waals surface area contributed by atoms with Gasteiger partial charge in [-0.1, -0.05) is 20.3 Å². The van der Waals surface area contributed by atoms with Crippen LogP contribution in [0.4, 0.5) is 0 Å². The third-order valence-corrected chi connectivity index (χ3v) is 8.33. The summed E-state index contributed by atoms with van der Waals surface area (Å²) in [7, 11) is -1.66. The molecule has 2 nitrogen and oxygen atoms in total. The summed E-state index contributed by atoms with van der Waals surface area (Å²) >= 11 is 0. The molecule has 0 N–H and O–H groups in total. The first-order valence-corrected chi connectivity index (χ1v) is 7.04. The second-order valence-electron chi connectivity index (χ2n) is 4.46. The van der Waals surface area contributed by atoms with Crippen LogP contribution >= 0.6 is 0 Å². The van der Waals surface area contributed by atoms with Gasteiger partial charge in [0.2, 0.25) is 0 Å². The van der Waals surface area contributed by atoms with Crippen molar-refractivity contribution in [2.24, 2.45) is 0 Å². The Labute approximate surface area is 69.7 Å². The molecule has 0 amide bonds. The second kappa shape index (κ2) is 2.60. The topological polar surface area (TPSA) is 28.1 Å². The maximum Gasteiger partial charge on any atom is 0.567 e. The molecular weight excluding hydrogens is 152 g/mol. The Balaban J connectivity index is 2.85. The minimum atomic E-state index is -1.66. The Kier molecular flexibility index (Phi) is 2.06. The lowest BCUT2D eigenvalue weighted by Gasteiger charge is -2.30. The summed E-state index contributed by atoms with van der Waals surface area (Å²) in [4.78, 5) is 0. The zero-order chi connectivity index (χ0) is 8.54. The zero-order valence-corrected chi connectivity index (χ0v) is 8.72. The van der Waals surface area contributed by atoms with Crippen LogP contribution in [0.3, 0.4) is 0 Å². The summed E-state index contributed by atoms with van der Waals surface area (Å²) in [5.74, 6) is 0. The van der Waals surface area contributed by atoms with Crippen LogP contribution in [0, 0.1) is 5.39 Å². The molecule has 0 spiro atoms. The van der Waals surface area contributed by atoms with Crippen LogP contribution in [-0.4, -0.2) is 8.24 Å². The van der Waals surface area contributed by atoms with Crippen LogP contribution < -0.4 is 0 Å². The first kappa shape index (κ1) is 8.73. The van der Waals surface area contributed by atoms with Crippen LogP contribution in [0.25, 0.3) is 4.64 Å². The van der Waals surface area contributed by atoms with Crippen molar-refractivity contribution in [1.82, 2.24) is 0 Å². The second-order valence-corrected chi connectivity index (χ2v) is 9.07. The fraction of sp³-hybridized carbons (Fsp3) is 1.00. The summed E-state index contributed by atoms with van der Waals surface area (Å²) in [5.41, 5.74) is 0. The van der Waals surface area contributed by atoms with E-state index in [1.54, 1.807) is 0 Å². The largest absolute Gasteiger partial charge is 0.567 e.